The lowest BCUT2D eigenvalue weighted by molar-refractivity contribution is -0.117. The van der Waals surface area contributed by atoms with E-state index in [4.69, 9.17) is 4.42 Å². The molecule has 1 aromatic carbocycles. The summed E-state index contributed by atoms with van der Waals surface area (Å²) in [5.41, 5.74) is 0.983. The zero-order valence-electron chi connectivity index (χ0n) is 15.5. The molecule has 1 fully saturated rings. The Kier molecular flexibility index (Phi) is 4.67. The monoisotopic (exact) mass is 361 g/mol. The number of carbonyl (C=O) groups excluding carboxylic acids is 1. The van der Waals surface area contributed by atoms with Crippen LogP contribution in [-0.2, 0) is 11.8 Å². The highest BCUT2D eigenvalue weighted by molar-refractivity contribution is 5.91. The van der Waals surface area contributed by atoms with Crippen molar-refractivity contribution in [3.63, 3.8) is 0 Å². The lowest BCUT2D eigenvalue weighted by Crippen LogP contribution is -2.29. The maximum absolute atomic E-state index is 12.5. The van der Waals surface area contributed by atoms with Gasteiger partial charge in [0.05, 0.1) is 0 Å². The van der Waals surface area contributed by atoms with Crippen molar-refractivity contribution >= 4 is 12.0 Å². The van der Waals surface area contributed by atoms with Gasteiger partial charge in [-0.3, -0.25) is 4.79 Å². The minimum Gasteiger partial charge on any atom is -0.461 e. The number of nitrogens with one attached hydrogen (secondary N) is 1. The number of imidazole rings is 1. The molecular formula is C22H23N3O2. The van der Waals surface area contributed by atoms with Gasteiger partial charge in [0.2, 0.25) is 5.91 Å². The van der Waals surface area contributed by atoms with Gasteiger partial charge in [-0.1, -0.05) is 37.3 Å². The molecule has 4 rings (SSSR count). The number of nitrogens with zero attached hydrogens (tertiary/aromatic N) is 2. The topological polar surface area (TPSA) is 60.1 Å². The van der Waals surface area contributed by atoms with E-state index in [1.54, 1.807) is 12.3 Å². The molecule has 1 aliphatic rings. The molecule has 0 unspecified atom stereocenters. The summed E-state index contributed by atoms with van der Waals surface area (Å²) in [6.45, 7) is 2.22. The first-order valence-electron chi connectivity index (χ1n) is 9.22. The highest BCUT2D eigenvalue weighted by Gasteiger charge is 2.36. The number of hydrogen-bond donors (Lipinski definition) is 1. The number of amides is 1. The largest absolute Gasteiger partial charge is 0.461 e. The molecule has 0 radical (unpaired) electrons. The van der Waals surface area contributed by atoms with Crippen molar-refractivity contribution in [2.45, 2.75) is 25.3 Å². The first-order chi connectivity index (χ1) is 13.1. The molecule has 1 aliphatic carbocycles. The molecule has 1 saturated carbocycles. The van der Waals surface area contributed by atoms with E-state index in [-0.39, 0.29) is 11.9 Å². The fourth-order valence-electron chi connectivity index (χ4n) is 3.32. The molecule has 0 aliphatic heterocycles. The Hall–Kier alpha value is -3.08. The maximum Gasteiger partial charge on any atom is 0.244 e. The van der Waals surface area contributed by atoms with Gasteiger partial charge in [0.15, 0.2) is 0 Å². The molecule has 3 aromatic rings. The molecule has 1 N–H and O–H groups in total. The van der Waals surface area contributed by atoms with Crippen LogP contribution in [0.3, 0.4) is 0 Å². The lowest BCUT2D eigenvalue weighted by Gasteiger charge is -2.18. The summed E-state index contributed by atoms with van der Waals surface area (Å²) < 4.78 is 7.74. The summed E-state index contributed by atoms with van der Waals surface area (Å²) >= 11 is 0. The zero-order valence-corrected chi connectivity index (χ0v) is 15.5. The van der Waals surface area contributed by atoms with E-state index in [0.29, 0.717) is 17.6 Å². The second kappa shape index (κ2) is 7.27. The van der Waals surface area contributed by atoms with Crippen LogP contribution in [0.2, 0.25) is 0 Å². The highest BCUT2D eigenvalue weighted by atomic mass is 16.3. The summed E-state index contributed by atoms with van der Waals surface area (Å²) in [5.74, 6) is 3.54. The second-order valence-corrected chi connectivity index (χ2v) is 7.14. The minimum absolute atomic E-state index is 0.190. The van der Waals surface area contributed by atoms with Gasteiger partial charge in [0.25, 0.3) is 0 Å². The number of furan rings is 1. The summed E-state index contributed by atoms with van der Waals surface area (Å²) in [4.78, 5) is 16.9. The molecule has 2 aromatic heterocycles. The van der Waals surface area contributed by atoms with E-state index in [1.165, 1.54) is 12.5 Å². The molecule has 0 bridgehead atoms. The van der Waals surface area contributed by atoms with E-state index >= 15 is 0 Å². The third-order valence-corrected chi connectivity index (χ3v) is 5.06. The van der Waals surface area contributed by atoms with Gasteiger partial charge in [0.1, 0.15) is 23.4 Å². The van der Waals surface area contributed by atoms with Crippen molar-refractivity contribution in [2.75, 3.05) is 0 Å². The number of hydrogen-bond acceptors (Lipinski definition) is 3. The smallest absolute Gasteiger partial charge is 0.244 e. The summed E-state index contributed by atoms with van der Waals surface area (Å²) in [6.07, 6.45) is 8.01. The number of benzene rings is 1. The van der Waals surface area contributed by atoms with Crippen molar-refractivity contribution in [1.29, 1.82) is 0 Å². The standard InChI is InChI=1S/C22H23N3O2/c1-15-14-18(15)19-10-8-17(27-19)9-11-20(26)24-21(16-6-4-3-5-7-16)22-23-12-13-25(22)2/h3-13,15,18,21H,14H2,1-2H3,(H,24,26)/b11-9+/t15-,18+,21+/m1/s1. The molecule has 1 amide bonds. The average molecular weight is 361 g/mol. The molecule has 27 heavy (non-hydrogen) atoms. The van der Waals surface area contributed by atoms with E-state index in [2.05, 4.69) is 17.2 Å². The van der Waals surface area contributed by atoms with Crippen LogP contribution in [0.1, 0.15) is 48.2 Å². The van der Waals surface area contributed by atoms with E-state index in [1.807, 2.05) is 60.3 Å². The first kappa shape index (κ1) is 17.3. The first-order valence-corrected chi connectivity index (χ1v) is 9.22. The fraction of sp³-hybridized carbons (Fsp3) is 0.273. The van der Waals surface area contributed by atoms with Crippen LogP contribution in [0.15, 0.2) is 65.4 Å². The normalized spacial score (nSPS) is 19.9. The van der Waals surface area contributed by atoms with Crippen molar-refractivity contribution < 1.29 is 9.21 Å². The van der Waals surface area contributed by atoms with Crippen molar-refractivity contribution in [2.24, 2.45) is 13.0 Å². The molecule has 0 spiro atoms. The van der Waals surface area contributed by atoms with Crippen LogP contribution in [0.5, 0.6) is 0 Å². The Labute approximate surface area is 158 Å². The van der Waals surface area contributed by atoms with Gasteiger partial charge in [-0.15, -0.1) is 0 Å². The van der Waals surface area contributed by atoms with Crippen LogP contribution >= 0.6 is 0 Å². The van der Waals surface area contributed by atoms with Gasteiger partial charge in [-0.2, -0.15) is 0 Å². The van der Waals surface area contributed by atoms with Crippen LogP contribution in [0, 0.1) is 5.92 Å². The summed E-state index contributed by atoms with van der Waals surface area (Å²) in [5, 5.41) is 3.05. The maximum atomic E-state index is 12.5. The summed E-state index contributed by atoms with van der Waals surface area (Å²) in [7, 11) is 1.92. The number of aryl methyl sites for hydroxylation is 1. The van der Waals surface area contributed by atoms with Crippen molar-refractivity contribution in [3.05, 3.63) is 83.8 Å². The van der Waals surface area contributed by atoms with Crippen LogP contribution in [-0.4, -0.2) is 15.5 Å². The Morgan fingerprint density at radius 2 is 2.07 bits per heavy atom. The molecule has 5 nitrogen and oxygen atoms in total. The quantitative estimate of drug-likeness (QED) is 0.674. The SMILES string of the molecule is C[C@@H]1C[C@@H]1c1ccc(/C=C/C(=O)N[C@@H](c2ccccc2)c2nccn2C)o1. The highest BCUT2D eigenvalue weighted by Crippen LogP contribution is 2.47. The van der Waals surface area contributed by atoms with Gasteiger partial charge >= 0.3 is 0 Å². The Morgan fingerprint density at radius 3 is 2.74 bits per heavy atom. The van der Waals surface area contributed by atoms with Crippen LogP contribution in [0.25, 0.3) is 6.08 Å². The van der Waals surface area contributed by atoms with Crippen LogP contribution in [0.4, 0.5) is 0 Å². The van der Waals surface area contributed by atoms with Crippen molar-refractivity contribution in [1.82, 2.24) is 14.9 Å². The Morgan fingerprint density at radius 1 is 1.30 bits per heavy atom. The van der Waals surface area contributed by atoms with Crippen molar-refractivity contribution in [3.8, 4) is 0 Å². The zero-order chi connectivity index (χ0) is 18.8. The van der Waals surface area contributed by atoms with E-state index in [0.717, 1.165) is 17.1 Å². The van der Waals surface area contributed by atoms with Gasteiger partial charge in [-0.05, 0) is 36.1 Å². The fourth-order valence-corrected chi connectivity index (χ4v) is 3.32. The minimum atomic E-state index is -0.317. The molecule has 138 valence electrons. The van der Waals surface area contributed by atoms with Crippen LogP contribution < -0.4 is 5.32 Å². The molecule has 2 heterocycles. The predicted octanol–water partition coefficient (Wildman–Crippen LogP) is 4.06. The van der Waals surface area contributed by atoms with E-state index < -0.39 is 0 Å². The Bertz CT molecular complexity index is 955. The summed E-state index contributed by atoms with van der Waals surface area (Å²) in [6, 6.07) is 13.4. The molecular weight excluding hydrogens is 338 g/mol. The average Bonchev–Trinajstić information content (AvgIpc) is 3.06. The third kappa shape index (κ3) is 3.87. The number of carbonyl (C=O) groups is 1. The number of rotatable bonds is 6. The lowest BCUT2D eigenvalue weighted by atomic mass is 10.1. The second-order valence-electron chi connectivity index (χ2n) is 7.14. The predicted molar refractivity (Wildman–Crippen MR) is 104 cm³/mol. The molecule has 5 heteroatoms. The van der Waals surface area contributed by atoms with Gasteiger partial charge < -0.3 is 14.3 Å². The molecule has 3 atom stereocenters. The van der Waals surface area contributed by atoms with Gasteiger partial charge in [-0.25, -0.2) is 4.98 Å². The van der Waals surface area contributed by atoms with Gasteiger partial charge in [0, 0.05) is 31.4 Å². The van der Waals surface area contributed by atoms with E-state index in [9.17, 15) is 4.79 Å². The Balaban J connectivity index is 1.48. The third-order valence-electron chi connectivity index (χ3n) is 5.06. The molecule has 0 saturated heterocycles. The number of aromatic nitrogens is 2.